The standard InChI is InChI=1S/C60H119NO4/c1-3-5-7-9-11-13-15-17-18-19-20-21-22-23-24-25-26-27-28-29-30-31-32-33-34-35-36-37-38-39-40-41-43-45-47-49-51-53-55-59(64)60(65)61-57(56-62)58(63)54-52-50-48-46-44-42-16-14-12-10-8-6-4-2/h29-30,57-59,62-64H,3-28,31-56H2,1-2H3,(H,61,65)/b30-29-. The first-order valence-corrected chi connectivity index (χ1v) is 30.0. The fourth-order valence-electron chi connectivity index (χ4n) is 9.72. The van der Waals surface area contributed by atoms with Gasteiger partial charge in [-0.15, -0.1) is 0 Å². The van der Waals surface area contributed by atoms with E-state index in [9.17, 15) is 20.1 Å². The first kappa shape index (κ1) is 64.1. The van der Waals surface area contributed by atoms with Crippen LogP contribution in [0.3, 0.4) is 0 Å². The molecule has 65 heavy (non-hydrogen) atoms. The Labute approximate surface area is 408 Å². The van der Waals surface area contributed by atoms with Gasteiger partial charge in [0, 0.05) is 0 Å². The van der Waals surface area contributed by atoms with E-state index in [1.807, 2.05) is 0 Å². The van der Waals surface area contributed by atoms with Crippen molar-refractivity contribution in [1.82, 2.24) is 5.32 Å². The quantitative estimate of drug-likeness (QED) is 0.0361. The van der Waals surface area contributed by atoms with Crippen molar-refractivity contribution < 1.29 is 20.1 Å². The number of aliphatic hydroxyl groups excluding tert-OH is 3. The SMILES string of the molecule is CCCCCCCCCCCCCCCCCCCC/C=C\CCCCCCCCCCCCCCCCCCC(O)C(=O)NC(CO)C(O)CCCCCCCCCCCCCCC. The fraction of sp³-hybridized carbons (Fsp3) is 0.950. The lowest BCUT2D eigenvalue weighted by Crippen LogP contribution is -2.49. The molecule has 0 aromatic heterocycles. The molecule has 5 nitrogen and oxygen atoms in total. The first-order chi connectivity index (χ1) is 32.1. The lowest BCUT2D eigenvalue weighted by molar-refractivity contribution is -0.131. The number of hydrogen-bond acceptors (Lipinski definition) is 4. The Bertz CT molecular complexity index is 925. The number of nitrogens with one attached hydrogen (secondary N) is 1. The Morgan fingerprint density at radius 2 is 0.585 bits per heavy atom. The summed E-state index contributed by atoms with van der Waals surface area (Å²) < 4.78 is 0. The molecule has 0 spiro atoms. The van der Waals surface area contributed by atoms with Crippen LogP contribution in [0.2, 0.25) is 0 Å². The van der Waals surface area contributed by atoms with Crippen LogP contribution >= 0.6 is 0 Å². The topological polar surface area (TPSA) is 89.8 Å². The smallest absolute Gasteiger partial charge is 0.249 e. The molecular formula is C60H119NO4. The van der Waals surface area contributed by atoms with Gasteiger partial charge >= 0.3 is 0 Å². The maximum atomic E-state index is 12.5. The summed E-state index contributed by atoms with van der Waals surface area (Å²) in [6, 6.07) is -0.708. The van der Waals surface area contributed by atoms with Crippen molar-refractivity contribution in [3.05, 3.63) is 12.2 Å². The second kappa shape index (κ2) is 55.7. The summed E-state index contributed by atoms with van der Waals surface area (Å²) in [7, 11) is 0. The molecule has 0 rings (SSSR count). The molecule has 0 aromatic rings. The van der Waals surface area contributed by atoms with Crippen molar-refractivity contribution in [2.75, 3.05) is 6.61 Å². The lowest BCUT2D eigenvalue weighted by atomic mass is 10.0. The van der Waals surface area contributed by atoms with Gasteiger partial charge in [0.25, 0.3) is 0 Å². The first-order valence-electron chi connectivity index (χ1n) is 30.0. The summed E-state index contributed by atoms with van der Waals surface area (Å²) in [5, 5.41) is 33.5. The molecule has 0 aromatic carbocycles. The molecular weight excluding hydrogens is 799 g/mol. The summed E-state index contributed by atoms with van der Waals surface area (Å²) in [5.74, 6) is -0.465. The second-order valence-corrected chi connectivity index (χ2v) is 20.9. The third-order valence-electron chi connectivity index (χ3n) is 14.4. The highest BCUT2D eigenvalue weighted by atomic mass is 16.3. The monoisotopic (exact) mass is 918 g/mol. The highest BCUT2D eigenvalue weighted by Gasteiger charge is 2.23. The van der Waals surface area contributed by atoms with Gasteiger partial charge in [0.2, 0.25) is 5.91 Å². The predicted molar refractivity (Wildman–Crippen MR) is 287 cm³/mol. The van der Waals surface area contributed by atoms with E-state index in [1.165, 1.54) is 283 Å². The van der Waals surface area contributed by atoms with Crippen LogP contribution in [0.5, 0.6) is 0 Å². The van der Waals surface area contributed by atoms with Crippen molar-refractivity contribution in [2.24, 2.45) is 0 Å². The van der Waals surface area contributed by atoms with E-state index >= 15 is 0 Å². The van der Waals surface area contributed by atoms with E-state index < -0.39 is 24.2 Å². The van der Waals surface area contributed by atoms with E-state index in [0.29, 0.717) is 12.8 Å². The van der Waals surface area contributed by atoms with E-state index in [2.05, 4.69) is 31.3 Å². The average Bonchev–Trinajstić information content (AvgIpc) is 3.31. The van der Waals surface area contributed by atoms with E-state index in [-0.39, 0.29) is 6.61 Å². The Kier molecular flexibility index (Phi) is 54.9. The molecule has 0 heterocycles. The van der Waals surface area contributed by atoms with Gasteiger partial charge in [-0.1, -0.05) is 315 Å². The Balaban J connectivity index is 3.41. The van der Waals surface area contributed by atoms with Gasteiger partial charge in [-0.2, -0.15) is 0 Å². The maximum absolute atomic E-state index is 12.5. The molecule has 0 bridgehead atoms. The Hall–Kier alpha value is -0.910. The van der Waals surface area contributed by atoms with Crippen LogP contribution in [-0.2, 0) is 4.79 Å². The number of hydrogen-bond donors (Lipinski definition) is 4. The van der Waals surface area contributed by atoms with E-state index in [0.717, 1.165) is 32.1 Å². The molecule has 0 aliphatic carbocycles. The van der Waals surface area contributed by atoms with E-state index in [4.69, 9.17) is 0 Å². The van der Waals surface area contributed by atoms with Crippen molar-refractivity contribution in [1.29, 1.82) is 0 Å². The van der Waals surface area contributed by atoms with Crippen LogP contribution in [-0.4, -0.2) is 46.1 Å². The highest BCUT2D eigenvalue weighted by molar-refractivity contribution is 5.80. The minimum Gasteiger partial charge on any atom is -0.394 e. The fourth-order valence-corrected chi connectivity index (χ4v) is 9.72. The molecule has 0 radical (unpaired) electrons. The molecule has 0 saturated heterocycles. The van der Waals surface area contributed by atoms with Crippen LogP contribution in [0.1, 0.15) is 341 Å². The largest absolute Gasteiger partial charge is 0.394 e. The molecule has 0 aliphatic rings. The number of carbonyl (C=O) groups excluding carboxylic acids is 1. The normalized spacial score (nSPS) is 13.2. The van der Waals surface area contributed by atoms with E-state index in [1.54, 1.807) is 0 Å². The van der Waals surface area contributed by atoms with Gasteiger partial charge in [-0.05, 0) is 38.5 Å². The third-order valence-corrected chi connectivity index (χ3v) is 14.4. The van der Waals surface area contributed by atoms with Crippen LogP contribution in [0.4, 0.5) is 0 Å². The van der Waals surface area contributed by atoms with Gasteiger partial charge < -0.3 is 20.6 Å². The summed E-state index contributed by atoms with van der Waals surface area (Å²) in [4.78, 5) is 12.5. The predicted octanol–water partition coefficient (Wildman–Crippen LogP) is 18.7. The molecule has 3 unspecified atom stereocenters. The Morgan fingerprint density at radius 1 is 0.354 bits per heavy atom. The van der Waals surface area contributed by atoms with Gasteiger partial charge in [0.15, 0.2) is 0 Å². The third kappa shape index (κ3) is 50.8. The van der Waals surface area contributed by atoms with Crippen molar-refractivity contribution in [3.8, 4) is 0 Å². The number of carbonyl (C=O) groups is 1. The van der Waals surface area contributed by atoms with Crippen molar-refractivity contribution in [2.45, 2.75) is 360 Å². The van der Waals surface area contributed by atoms with Gasteiger partial charge in [-0.3, -0.25) is 4.79 Å². The van der Waals surface area contributed by atoms with Gasteiger partial charge in [-0.25, -0.2) is 0 Å². The molecule has 0 saturated carbocycles. The maximum Gasteiger partial charge on any atom is 0.249 e. The molecule has 1 amide bonds. The minimum atomic E-state index is -1.07. The van der Waals surface area contributed by atoms with Crippen LogP contribution in [0.25, 0.3) is 0 Å². The molecule has 388 valence electrons. The highest BCUT2D eigenvalue weighted by Crippen LogP contribution is 2.18. The number of allylic oxidation sites excluding steroid dienone is 2. The van der Waals surface area contributed by atoms with Crippen LogP contribution in [0.15, 0.2) is 12.2 Å². The molecule has 0 aliphatic heterocycles. The van der Waals surface area contributed by atoms with Crippen molar-refractivity contribution in [3.63, 3.8) is 0 Å². The Morgan fingerprint density at radius 3 is 0.846 bits per heavy atom. The summed E-state index contributed by atoms with van der Waals surface area (Å²) in [6.45, 7) is 4.26. The average molecular weight is 919 g/mol. The van der Waals surface area contributed by atoms with Crippen LogP contribution in [0, 0.1) is 0 Å². The second-order valence-electron chi connectivity index (χ2n) is 20.9. The minimum absolute atomic E-state index is 0.309. The molecule has 4 N–H and O–H groups in total. The summed E-state index contributed by atoms with van der Waals surface area (Å²) >= 11 is 0. The zero-order valence-corrected chi connectivity index (χ0v) is 44.4. The summed E-state index contributed by atoms with van der Waals surface area (Å²) in [6.07, 6.45) is 70.1. The number of unbranched alkanes of at least 4 members (excludes halogenated alkanes) is 46. The summed E-state index contributed by atoms with van der Waals surface area (Å²) in [5.41, 5.74) is 0. The van der Waals surface area contributed by atoms with Crippen LogP contribution < -0.4 is 5.32 Å². The zero-order chi connectivity index (χ0) is 47.2. The number of rotatable bonds is 56. The van der Waals surface area contributed by atoms with Gasteiger partial charge in [0.05, 0.1) is 18.8 Å². The zero-order valence-electron chi connectivity index (χ0n) is 44.4. The lowest BCUT2D eigenvalue weighted by Gasteiger charge is -2.23. The molecule has 3 atom stereocenters. The molecule has 5 heteroatoms. The van der Waals surface area contributed by atoms with Crippen molar-refractivity contribution >= 4 is 5.91 Å². The van der Waals surface area contributed by atoms with Gasteiger partial charge in [0.1, 0.15) is 6.10 Å². The number of amides is 1. The molecule has 0 fully saturated rings. The number of aliphatic hydroxyl groups is 3.